The van der Waals surface area contributed by atoms with Gasteiger partial charge in [0.05, 0.1) is 24.9 Å². The van der Waals surface area contributed by atoms with Gasteiger partial charge < -0.3 is 9.47 Å². The van der Waals surface area contributed by atoms with E-state index >= 15 is 0 Å². The zero-order valence-electron chi connectivity index (χ0n) is 17.7. The normalized spacial score (nSPS) is 20.9. The second-order valence-electron chi connectivity index (χ2n) is 7.87. The van der Waals surface area contributed by atoms with E-state index in [4.69, 9.17) is 9.47 Å². The number of carbonyl (C=O) groups is 4. The highest BCUT2D eigenvalue weighted by atomic mass is 16.5. The van der Waals surface area contributed by atoms with E-state index in [1.807, 2.05) is 0 Å². The summed E-state index contributed by atoms with van der Waals surface area (Å²) in [4.78, 5) is 51.9. The summed E-state index contributed by atoms with van der Waals surface area (Å²) in [5.41, 5.74) is -0.630. The Kier molecular flexibility index (Phi) is 5.65. The second-order valence-corrected chi connectivity index (χ2v) is 7.87. The number of amides is 2. The Morgan fingerprint density at radius 3 is 2.30 bits per heavy atom. The van der Waals surface area contributed by atoms with Crippen LogP contribution in [0, 0.1) is 5.92 Å². The average molecular weight is 415 g/mol. The first-order chi connectivity index (χ1) is 14.1. The Morgan fingerprint density at radius 2 is 1.77 bits per heavy atom. The predicted molar refractivity (Wildman–Crippen MR) is 108 cm³/mol. The molecular formula is C21H25N3O6. The number of carbonyl (C=O) groups excluding carboxylic acids is 4. The number of hydrogen-bond acceptors (Lipinski definition) is 8. The van der Waals surface area contributed by atoms with Crippen molar-refractivity contribution in [2.24, 2.45) is 11.0 Å². The predicted octanol–water partition coefficient (Wildman–Crippen LogP) is 1.55. The molecule has 0 N–H and O–H groups in total. The molecule has 2 amide bonds. The molecule has 9 nitrogen and oxygen atoms in total. The van der Waals surface area contributed by atoms with Crippen molar-refractivity contribution in [3.8, 4) is 5.75 Å². The van der Waals surface area contributed by atoms with Crippen LogP contribution in [0.1, 0.15) is 34.1 Å². The van der Waals surface area contributed by atoms with Crippen LogP contribution in [-0.4, -0.2) is 59.6 Å². The number of hydrogen-bond donors (Lipinski definition) is 0. The van der Waals surface area contributed by atoms with E-state index < -0.39 is 35.3 Å². The summed E-state index contributed by atoms with van der Waals surface area (Å²) in [5.74, 6) is -2.41. The third-order valence-corrected chi connectivity index (χ3v) is 5.17. The van der Waals surface area contributed by atoms with Crippen LogP contribution < -0.4 is 9.64 Å². The standard InChI is InChI=1S/C21H25N3O6/c1-6-30-20(28)16-15-17(24(22-16)21(3,4)11-12(2)25)19(27)23(18(15)26)13-7-9-14(29-5)10-8-13/h7-10,15,17H,6,11H2,1-5H3. The van der Waals surface area contributed by atoms with Crippen molar-refractivity contribution in [1.29, 1.82) is 0 Å². The fraction of sp³-hybridized carbons (Fsp3) is 0.476. The molecule has 2 aliphatic rings. The minimum Gasteiger partial charge on any atom is -0.497 e. The van der Waals surface area contributed by atoms with Gasteiger partial charge in [0, 0.05) is 6.42 Å². The molecule has 2 heterocycles. The third kappa shape index (κ3) is 3.55. The van der Waals surface area contributed by atoms with Crippen molar-refractivity contribution in [3.63, 3.8) is 0 Å². The number of ether oxygens (including phenoxy) is 2. The molecule has 3 rings (SSSR count). The quantitative estimate of drug-likeness (QED) is 0.491. The molecule has 160 valence electrons. The van der Waals surface area contributed by atoms with Gasteiger partial charge in [-0.15, -0.1) is 0 Å². The molecule has 0 saturated carbocycles. The highest BCUT2D eigenvalue weighted by molar-refractivity contribution is 6.46. The molecule has 0 aromatic heterocycles. The van der Waals surface area contributed by atoms with Crippen LogP contribution in [-0.2, 0) is 23.9 Å². The van der Waals surface area contributed by atoms with Gasteiger partial charge in [-0.2, -0.15) is 5.10 Å². The Morgan fingerprint density at radius 1 is 1.13 bits per heavy atom. The summed E-state index contributed by atoms with van der Waals surface area (Å²) in [5, 5.41) is 5.72. The van der Waals surface area contributed by atoms with E-state index in [1.54, 1.807) is 45.0 Å². The molecule has 0 radical (unpaired) electrons. The molecule has 2 aliphatic heterocycles. The van der Waals surface area contributed by atoms with E-state index in [0.29, 0.717) is 11.4 Å². The topological polar surface area (TPSA) is 106 Å². The van der Waals surface area contributed by atoms with E-state index in [-0.39, 0.29) is 24.5 Å². The second kappa shape index (κ2) is 7.89. The Bertz CT molecular complexity index is 921. The lowest BCUT2D eigenvalue weighted by atomic mass is 9.92. The van der Waals surface area contributed by atoms with Crippen LogP contribution >= 0.6 is 0 Å². The number of imide groups is 1. The molecule has 2 atom stereocenters. The lowest BCUT2D eigenvalue weighted by Gasteiger charge is -2.36. The SMILES string of the molecule is CCOC(=O)C1=NN(C(C)(C)CC(C)=O)C2C(=O)N(c3ccc(OC)cc3)C(=O)C12. The highest BCUT2D eigenvalue weighted by Gasteiger charge is 2.61. The highest BCUT2D eigenvalue weighted by Crippen LogP contribution is 2.40. The minimum absolute atomic E-state index is 0.0971. The maximum atomic E-state index is 13.3. The van der Waals surface area contributed by atoms with Crippen molar-refractivity contribution in [2.45, 2.75) is 45.7 Å². The number of ketones is 1. The summed E-state index contributed by atoms with van der Waals surface area (Å²) < 4.78 is 10.2. The Labute approximate surface area is 174 Å². The first-order valence-electron chi connectivity index (χ1n) is 9.68. The average Bonchev–Trinajstić information content (AvgIpc) is 3.19. The van der Waals surface area contributed by atoms with Crippen molar-refractivity contribution in [1.82, 2.24) is 5.01 Å². The maximum absolute atomic E-state index is 13.3. The fourth-order valence-electron chi connectivity index (χ4n) is 3.97. The number of Topliss-reactive ketones (excluding diaryl/α,β-unsaturated/α-hetero) is 1. The molecule has 1 fully saturated rings. The van der Waals surface area contributed by atoms with Crippen LogP contribution in [0.2, 0.25) is 0 Å². The van der Waals surface area contributed by atoms with Gasteiger partial charge in [0.15, 0.2) is 5.71 Å². The largest absolute Gasteiger partial charge is 0.497 e. The van der Waals surface area contributed by atoms with Gasteiger partial charge in [0.1, 0.15) is 23.5 Å². The number of rotatable bonds is 7. The van der Waals surface area contributed by atoms with Crippen LogP contribution in [0.25, 0.3) is 0 Å². The molecule has 0 spiro atoms. The first-order valence-corrected chi connectivity index (χ1v) is 9.68. The number of hydrazone groups is 1. The maximum Gasteiger partial charge on any atom is 0.355 e. The number of anilines is 1. The van der Waals surface area contributed by atoms with Gasteiger partial charge >= 0.3 is 5.97 Å². The summed E-state index contributed by atoms with van der Waals surface area (Å²) in [6, 6.07) is 5.46. The zero-order chi connectivity index (χ0) is 22.2. The monoisotopic (exact) mass is 415 g/mol. The third-order valence-electron chi connectivity index (χ3n) is 5.17. The van der Waals surface area contributed by atoms with Gasteiger partial charge in [0.2, 0.25) is 5.91 Å². The molecule has 0 aliphatic carbocycles. The van der Waals surface area contributed by atoms with Gasteiger partial charge in [-0.1, -0.05) is 0 Å². The number of esters is 1. The summed E-state index contributed by atoms with van der Waals surface area (Å²) in [6.07, 6.45) is 0.0971. The number of benzene rings is 1. The molecule has 9 heteroatoms. The molecular weight excluding hydrogens is 390 g/mol. The summed E-state index contributed by atoms with van der Waals surface area (Å²) in [6.45, 7) is 6.69. The molecule has 2 unspecified atom stereocenters. The number of nitrogens with zero attached hydrogens (tertiary/aromatic N) is 3. The molecule has 1 aromatic rings. The van der Waals surface area contributed by atoms with E-state index in [0.717, 1.165) is 4.90 Å². The smallest absolute Gasteiger partial charge is 0.355 e. The first kappa shape index (κ1) is 21.5. The van der Waals surface area contributed by atoms with Crippen molar-refractivity contribution >= 4 is 35.0 Å². The Hall–Kier alpha value is -3.23. The number of methoxy groups -OCH3 is 1. The molecule has 1 aromatic carbocycles. The zero-order valence-corrected chi connectivity index (χ0v) is 17.7. The van der Waals surface area contributed by atoms with Crippen LogP contribution in [0.4, 0.5) is 5.69 Å². The van der Waals surface area contributed by atoms with Gasteiger partial charge in [-0.3, -0.25) is 19.4 Å². The molecule has 30 heavy (non-hydrogen) atoms. The van der Waals surface area contributed by atoms with E-state index in [9.17, 15) is 19.2 Å². The van der Waals surface area contributed by atoms with Crippen molar-refractivity contribution < 1.29 is 28.7 Å². The Balaban J connectivity index is 2.04. The van der Waals surface area contributed by atoms with E-state index in [2.05, 4.69) is 5.10 Å². The van der Waals surface area contributed by atoms with Crippen LogP contribution in [0.5, 0.6) is 5.75 Å². The summed E-state index contributed by atoms with van der Waals surface area (Å²) in [7, 11) is 1.52. The molecule has 0 bridgehead atoms. The lowest BCUT2D eigenvalue weighted by molar-refractivity contribution is -0.136. The minimum atomic E-state index is -1.09. The van der Waals surface area contributed by atoms with Crippen LogP contribution in [0.3, 0.4) is 0 Å². The van der Waals surface area contributed by atoms with Crippen molar-refractivity contribution in [2.75, 3.05) is 18.6 Å². The number of fused-ring (bicyclic) bond motifs is 1. The van der Waals surface area contributed by atoms with Gasteiger partial charge in [-0.05, 0) is 52.0 Å². The molecule has 1 saturated heterocycles. The summed E-state index contributed by atoms with van der Waals surface area (Å²) >= 11 is 0. The van der Waals surface area contributed by atoms with Crippen LogP contribution in [0.15, 0.2) is 29.4 Å². The fourth-order valence-corrected chi connectivity index (χ4v) is 3.97. The lowest BCUT2D eigenvalue weighted by Crippen LogP contribution is -2.50. The van der Waals surface area contributed by atoms with Gasteiger partial charge in [-0.25, -0.2) is 9.69 Å². The van der Waals surface area contributed by atoms with Gasteiger partial charge in [0.25, 0.3) is 5.91 Å². The van der Waals surface area contributed by atoms with E-state index in [1.165, 1.54) is 19.0 Å². The van der Waals surface area contributed by atoms with Crippen molar-refractivity contribution in [3.05, 3.63) is 24.3 Å².